The zero-order valence-electron chi connectivity index (χ0n) is 7.85. The summed E-state index contributed by atoms with van der Waals surface area (Å²) in [6, 6.07) is 1.47. The van der Waals surface area contributed by atoms with Crippen LogP contribution in [-0.2, 0) is 5.88 Å². The van der Waals surface area contributed by atoms with Crippen molar-refractivity contribution in [2.24, 2.45) is 0 Å². The molecule has 0 atom stereocenters. The zero-order chi connectivity index (χ0) is 10.7. The van der Waals surface area contributed by atoms with E-state index in [-0.39, 0.29) is 22.9 Å². The molecular weight excluding hydrogens is 212 g/mol. The standard InChI is InChI=1S/C9H10ClF2NO/c1-5-3-7(14-2)8(9(11)12)6(4-10)13-5/h3,9H,4H2,1-2H3. The smallest absolute Gasteiger partial charge is 0.269 e. The van der Waals surface area contributed by atoms with E-state index in [0.717, 1.165) is 0 Å². The first kappa shape index (κ1) is 11.2. The van der Waals surface area contributed by atoms with Crippen LogP contribution in [0.1, 0.15) is 23.4 Å². The normalized spacial score (nSPS) is 10.7. The fourth-order valence-electron chi connectivity index (χ4n) is 1.22. The van der Waals surface area contributed by atoms with Crippen LogP contribution in [0.3, 0.4) is 0 Å². The van der Waals surface area contributed by atoms with Crippen molar-refractivity contribution in [3.8, 4) is 5.75 Å². The molecule has 1 aromatic heterocycles. The van der Waals surface area contributed by atoms with Gasteiger partial charge in [0, 0.05) is 11.8 Å². The molecule has 1 heterocycles. The summed E-state index contributed by atoms with van der Waals surface area (Å²) in [5, 5.41) is 0. The molecule has 5 heteroatoms. The van der Waals surface area contributed by atoms with Crippen LogP contribution in [0, 0.1) is 6.92 Å². The molecule has 0 spiro atoms. The summed E-state index contributed by atoms with van der Waals surface area (Å²) in [5.74, 6) is 0.0979. The quantitative estimate of drug-likeness (QED) is 0.732. The molecule has 14 heavy (non-hydrogen) atoms. The first-order chi connectivity index (χ1) is 6.60. The minimum atomic E-state index is -2.62. The molecule has 0 saturated carbocycles. The first-order valence-corrected chi connectivity index (χ1v) is 4.52. The van der Waals surface area contributed by atoms with Gasteiger partial charge in [0.2, 0.25) is 0 Å². The topological polar surface area (TPSA) is 22.1 Å². The SMILES string of the molecule is COc1cc(C)nc(CCl)c1C(F)F. The maximum atomic E-state index is 12.6. The Morgan fingerprint density at radius 3 is 2.64 bits per heavy atom. The molecule has 0 unspecified atom stereocenters. The van der Waals surface area contributed by atoms with Gasteiger partial charge in [0.05, 0.1) is 24.2 Å². The summed E-state index contributed by atoms with van der Waals surface area (Å²) in [6.45, 7) is 1.70. The molecule has 0 saturated heterocycles. The van der Waals surface area contributed by atoms with E-state index in [2.05, 4.69) is 4.98 Å². The van der Waals surface area contributed by atoms with Crippen LogP contribution in [0.4, 0.5) is 8.78 Å². The second kappa shape index (κ2) is 4.55. The summed E-state index contributed by atoms with van der Waals surface area (Å²) in [4.78, 5) is 3.93. The molecule has 0 N–H and O–H groups in total. The van der Waals surface area contributed by atoms with E-state index in [1.807, 2.05) is 0 Å². The van der Waals surface area contributed by atoms with Crippen LogP contribution in [0.5, 0.6) is 5.75 Å². The maximum Gasteiger partial charge on any atom is 0.269 e. The van der Waals surface area contributed by atoms with Crippen LogP contribution >= 0.6 is 11.6 Å². The van der Waals surface area contributed by atoms with Crippen molar-refractivity contribution in [2.75, 3.05) is 7.11 Å². The van der Waals surface area contributed by atoms with Gasteiger partial charge in [0.15, 0.2) is 0 Å². The van der Waals surface area contributed by atoms with Gasteiger partial charge in [0.25, 0.3) is 6.43 Å². The van der Waals surface area contributed by atoms with E-state index >= 15 is 0 Å². The van der Waals surface area contributed by atoms with Crippen molar-refractivity contribution < 1.29 is 13.5 Å². The molecule has 0 bridgehead atoms. The Labute approximate surface area is 85.9 Å². The molecule has 0 aromatic carbocycles. The second-order valence-electron chi connectivity index (χ2n) is 2.76. The average molecular weight is 222 g/mol. The Kier molecular flexibility index (Phi) is 3.63. The van der Waals surface area contributed by atoms with Crippen molar-refractivity contribution >= 4 is 11.6 Å². The van der Waals surface area contributed by atoms with Crippen LogP contribution in [0.2, 0.25) is 0 Å². The zero-order valence-corrected chi connectivity index (χ0v) is 8.61. The monoisotopic (exact) mass is 221 g/mol. The Balaban J connectivity index is 3.33. The Bertz CT molecular complexity index is 306. The van der Waals surface area contributed by atoms with Crippen molar-refractivity contribution in [1.29, 1.82) is 0 Å². The molecule has 0 amide bonds. The molecule has 2 nitrogen and oxygen atoms in total. The molecule has 78 valence electrons. The van der Waals surface area contributed by atoms with Crippen molar-refractivity contribution in [2.45, 2.75) is 19.2 Å². The molecular formula is C9H10ClF2NO. The number of hydrogen-bond acceptors (Lipinski definition) is 2. The van der Waals surface area contributed by atoms with E-state index in [0.29, 0.717) is 5.69 Å². The highest BCUT2D eigenvalue weighted by Crippen LogP contribution is 2.32. The maximum absolute atomic E-state index is 12.6. The largest absolute Gasteiger partial charge is 0.496 e. The number of hydrogen-bond donors (Lipinski definition) is 0. The summed E-state index contributed by atoms with van der Waals surface area (Å²) in [6.07, 6.45) is -2.62. The lowest BCUT2D eigenvalue weighted by atomic mass is 10.1. The molecule has 1 rings (SSSR count). The van der Waals surface area contributed by atoms with E-state index in [1.165, 1.54) is 13.2 Å². The first-order valence-electron chi connectivity index (χ1n) is 3.98. The van der Waals surface area contributed by atoms with Crippen LogP contribution < -0.4 is 4.74 Å². The van der Waals surface area contributed by atoms with Gasteiger partial charge in [-0.15, -0.1) is 11.6 Å². The van der Waals surface area contributed by atoms with E-state index < -0.39 is 6.43 Å². The summed E-state index contributed by atoms with van der Waals surface area (Å²) in [7, 11) is 1.35. The Hall–Kier alpha value is -0.900. The highest BCUT2D eigenvalue weighted by atomic mass is 35.5. The molecule has 0 aliphatic heterocycles. The predicted molar refractivity (Wildman–Crippen MR) is 50.0 cm³/mol. The van der Waals surface area contributed by atoms with Crippen molar-refractivity contribution in [3.63, 3.8) is 0 Å². The molecule has 0 aliphatic rings. The summed E-state index contributed by atoms with van der Waals surface area (Å²) < 4.78 is 30.1. The highest BCUT2D eigenvalue weighted by molar-refractivity contribution is 6.17. The van der Waals surface area contributed by atoms with Gasteiger partial charge in [-0.2, -0.15) is 0 Å². The fourth-order valence-corrected chi connectivity index (χ4v) is 1.42. The molecule has 1 aromatic rings. The number of nitrogens with zero attached hydrogens (tertiary/aromatic N) is 1. The van der Waals surface area contributed by atoms with Gasteiger partial charge < -0.3 is 4.74 Å². The number of ether oxygens (including phenoxy) is 1. The van der Waals surface area contributed by atoms with Crippen LogP contribution in [0.15, 0.2) is 6.07 Å². The van der Waals surface area contributed by atoms with Crippen molar-refractivity contribution in [3.05, 3.63) is 23.0 Å². The third-order valence-corrected chi connectivity index (χ3v) is 2.05. The number of methoxy groups -OCH3 is 1. The lowest BCUT2D eigenvalue weighted by molar-refractivity contribution is 0.145. The minimum absolute atomic E-state index is 0.0439. The lowest BCUT2D eigenvalue weighted by Gasteiger charge is -2.11. The van der Waals surface area contributed by atoms with E-state index in [4.69, 9.17) is 16.3 Å². The van der Waals surface area contributed by atoms with Crippen LogP contribution in [-0.4, -0.2) is 12.1 Å². The van der Waals surface area contributed by atoms with Gasteiger partial charge in [0.1, 0.15) is 5.75 Å². The van der Waals surface area contributed by atoms with Gasteiger partial charge in [-0.25, -0.2) is 8.78 Å². The number of halogens is 3. The predicted octanol–water partition coefficient (Wildman–Crippen LogP) is 3.08. The minimum Gasteiger partial charge on any atom is -0.496 e. The molecule has 0 aliphatic carbocycles. The number of aryl methyl sites for hydroxylation is 1. The van der Waals surface area contributed by atoms with E-state index in [1.54, 1.807) is 6.92 Å². The van der Waals surface area contributed by atoms with Gasteiger partial charge in [-0.3, -0.25) is 4.98 Å². The van der Waals surface area contributed by atoms with Crippen LogP contribution in [0.25, 0.3) is 0 Å². The number of alkyl halides is 3. The fraction of sp³-hybridized carbons (Fsp3) is 0.444. The molecule has 0 radical (unpaired) electrons. The third kappa shape index (κ3) is 2.12. The van der Waals surface area contributed by atoms with Gasteiger partial charge >= 0.3 is 0 Å². The third-order valence-electron chi connectivity index (χ3n) is 1.79. The Morgan fingerprint density at radius 1 is 1.57 bits per heavy atom. The van der Waals surface area contributed by atoms with Crippen molar-refractivity contribution in [1.82, 2.24) is 4.98 Å². The number of aromatic nitrogens is 1. The van der Waals surface area contributed by atoms with Gasteiger partial charge in [-0.05, 0) is 6.92 Å². The number of rotatable bonds is 3. The van der Waals surface area contributed by atoms with Gasteiger partial charge in [-0.1, -0.05) is 0 Å². The van der Waals surface area contributed by atoms with E-state index in [9.17, 15) is 8.78 Å². The molecule has 0 fully saturated rings. The second-order valence-corrected chi connectivity index (χ2v) is 3.03. The summed E-state index contributed by atoms with van der Waals surface area (Å²) >= 11 is 5.53. The summed E-state index contributed by atoms with van der Waals surface area (Å²) in [5.41, 5.74) is 0.577. The number of pyridine rings is 1. The average Bonchev–Trinajstić information content (AvgIpc) is 2.15. The lowest BCUT2D eigenvalue weighted by Crippen LogP contribution is -2.02. The Morgan fingerprint density at radius 2 is 2.21 bits per heavy atom. The highest BCUT2D eigenvalue weighted by Gasteiger charge is 2.20.